The molecule has 0 spiro atoms. The number of amides is 1. The normalized spacial score (nSPS) is 10.7. The minimum Gasteiger partial charge on any atom is -0.411 e. The highest BCUT2D eigenvalue weighted by Crippen LogP contribution is 2.28. The number of non-ortho nitro benzene ring substituents is 2. The molecule has 2 heterocycles. The van der Waals surface area contributed by atoms with Gasteiger partial charge in [0.25, 0.3) is 16.6 Å². The number of nitrogens with one attached hydrogen (secondary N) is 1. The van der Waals surface area contributed by atoms with Crippen molar-refractivity contribution in [2.24, 2.45) is 0 Å². The molecule has 33 heavy (non-hydrogen) atoms. The molecule has 4 rings (SSSR count). The van der Waals surface area contributed by atoms with Crippen molar-refractivity contribution in [3.8, 4) is 22.7 Å². The Bertz CT molecular complexity index is 1320. The minimum absolute atomic E-state index is 0.00562. The number of anilines is 1. The molecule has 0 unspecified atom stereocenters. The molecule has 2 aromatic heterocycles. The highest BCUT2D eigenvalue weighted by atomic mass is 32.2. The van der Waals surface area contributed by atoms with Gasteiger partial charge in [0.05, 0.1) is 21.3 Å². The van der Waals surface area contributed by atoms with Crippen molar-refractivity contribution in [2.45, 2.75) is 5.22 Å². The quantitative estimate of drug-likeness (QED) is 0.215. The molecule has 1 amide bonds. The lowest BCUT2D eigenvalue weighted by atomic mass is 10.1. The zero-order valence-corrected chi connectivity index (χ0v) is 18.0. The van der Waals surface area contributed by atoms with Crippen LogP contribution in [-0.4, -0.2) is 36.7 Å². The van der Waals surface area contributed by atoms with Gasteiger partial charge in [-0.25, -0.2) is 4.98 Å². The topological polar surface area (TPSA) is 167 Å². The van der Waals surface area contributed by atoms with E-state index in [-0.39, 0.29) is 34.1 Å². The largest absolute Gasteiger partial charge is 0.411 e. The third-order valence-corrected chi connectivity index (χ3v) is 5.76. The number of rotatable bonds is 8. The van der Waals surface area contributed by atoms with Crippen molar-refractivity contribution in [1.29, 1.82) is 0 Å². The van der Waals surface area contributed by atoms with Crippen molar-refractivity contribution < 1.29 is 19.1 Å². The van der Waals surface area contributed by atoms with Crippen LogP contribution < -0.4 is 5.32 Å². The summed E-state index contributed by atoms with van der Waals surface area (Å²) in [6.45, 7) is 0. The Morgan fingerprint density at radius 2 is 1.58 bits per heavy atom. The van der Waals surface area contributed by atoms with Crippen LogP contribution in [0.2, 0.25) is 0 Å². The molecule has 0 atom stereocenters. The Hall–Kier alpha value is -4.17. The monoisotopic (exact) mass is 484 g/mol. The molecule has 0 saturated heterocycles. The van der Waals surface area contributed by atoms with E-state index in [0.29, 0.717) is 22.0 Å². The summed E-state index contributed by atoms with van der Waals surface area (Å²) in [5.41, 5.74) is 1.73. The zero-order valence-electron chi connectivity index (χ0n) is 16.4. The first-order valence-electron chi connectivity index (χ1n) is 9.10. The lowest BCUT2D eigenvalue weighted by molar-refractivity contribution is -0.385. The van der Waals surface area contributed by atoms with E-state index in [2.05, 4.69) is 20.5 Å². The molecule has 4 aromatic rings. The number of nitro groups is 2. The number of nitro benzene ring substituents is 2. The van der Waals surface area contributed by atoms with Gasteiger partial charge in [0.1, 0.15) is 0 Å². The average Bonchev–Trinajstić information content (AvgIpc) is 3.48. The Morgan fingerprint density at radius 1 is 0.970 bits per heavy atom. The highest BCUT2D eigenvalue weighted by Gasteiger charge is 2.14. The second kappa shape index (κ2) is 9.54. The van der Waals surface area contributed by atoms with Crippen molar-refractivity contribution in [3.63, 3.8) is 0 Å². The second-order valence-corrected chi connectivity index (χ2v) is 8.14. The van der Waals surface area contributed by atoms with Gasteiger partial charge >= 0.3 is 0 Å². The summed E-state index contributed by atoms with van der Waals surface area (Å²) in [5.74, 6) is -0.158. The van der Waals surface area contributed by atoms with Gasteiger partial charge in [-0.3, -0.25) is 25.0 Å². The van der Waals surface area contributed by atoms with Crippen LogP contribution in [0, 0.1) is 20.2 Å². The molecule has 0 aliphatic rings. The van der Waals surface area contributed by atoms with Gasteiger partial charge in [0, 0.05) is 40.8 Å². The lowest BCUT2D eigenvalue weighted by Crippen LogP contribution is -2.13. The fraction of sp³-hybridized carbons (Fsp3) is 0.0526. The molecule has 1 N–H and O–H groups in total. The van der Waals surface area contributed by atoms with E-state index in [4.69, 9.17) is 4.42 Å². The maximum atomic E-state index is 12.2. The third-order valence-electron chi connectivity index (χ3n) is 4.18. The van der Waals surface area contributed by atoms with Crippen LogP contribution in [0.25, 0.3) is 22.7 Å². The molecule has 0 aliphatic heterocycles. The van der Waals surface area contributed by atoms with E-state index >= 15 is 0 Å². The molecule has 0 bridgehead atoms. The number of carbonyl (C=O) groups excluding carboxylic acids is 1. The van der Waals surface area contributed by atoms with Crippen molar-refractivity contribution in [2.75, 3.05) is 11.1 Å². The standard InChI is InChI=1S/C19H12N6O6S2/c26-16(21-18-20-15(9-32-18)11-1-5-13(6-2-11)24(27)28)10-33-19-23-22-17(31-19)12-3-7-14(8-4-12)25(29)30/h1-9H,10H2,(H,20,21,26). The van der Waals surface area contributed by atoms with Gasteiger partial charge < -0.3 is 9.73 Å². The van der Waals surface area contributed by atoms with Crippen LogP contribution in [0.1, 0.15) is 0 Å². The predicted molar refractivity (Wildman–Crippen MR) is 120 cm³/mol. The number of nitrogens with zero attached hydrogens (tertiary/aromatic N) is 5. The first kappa shape index (κ1) is 22.0. The number of aromatic nitrogens is 3. The molecule has 14 heteroatoms. The number of thiazole rings is 1. The Labute approximate surface area is 193 Å². The van der Waals surface area contributed by atoms with Crippen LogP contribution in [0.15, 0.2) is 63.6 Å². The molecular weight excluding hydrogens is 472 g/mol. The van der Waals surface area contributed by atoms with E-state index in [9.17, 15) is 25.0 Å². The predicted octanol–water partition coefficient (Wildman–Crippen LogP) is 4.41. The highest BCUT2D eigenvalue weighted by molar-refractivity contribution is 7.99. The number of carbonyl (C=O) groups is 1. The van der Waals surface area contributed by atoms with Crippen LogP contribution >= 0.6 is 23.1 Å². The van der Waals surface area contributed by atoms with Crippen LogP contribution in [0.3, 0.4) is 0 Å². The van der Waals surface area contributed by atoms with Crippen molar-refractivity contribution in [3.05, 3.63) is 74.1 Å². The molecule has 166 valence electrons. The maximum absolute atomic E-state index is 12.2. The molecule has 0 fully saturated rings. The maximum Gasteiger partial charge on any atom is 0.277 e. The van der Waals surface area contributed by atoms with E-state index in [1.165, 1.54) is 47.7 Å². The van der Waals surface area contributed by atoms with Gasteiger partial charge in [-0.2, -0.15) is 0 Å². The summed E-state index contributed by atoms with van der Waals surface area (Å²) in [4.78, 5) is 37.1. The molecule has 0 aliphatic carbocycles. The Balaban J connectivity index is 1.32. The first-order valence-corrected chi connectivity index (χ1v) is 11.0. The third kappa shape index (κ3) is 5.36. The van der Waals surface area contributed by atoms with E-state index in [1.807, 2.05) is 0 Å². The summed E-state index contributed by atoms with van der Waals surface area (Å²) in [5, 5.41) is 34.2. The van der Waals surface area contributed by atoms with Crippen molar-refractivity contribution >= 4 is 45.5 Å². The number of hydrogen-bond donors (Lipinski definition) is 1. The number of benzene rings is 2. The van der Waals surface area contributed by atoms with Crippen molar-refractivity contribution in [1.82, 2.24) is 15.2 Å². The van der Waals surface area contributed by atoms with E-state index < -0.39 is 9.85 Å². The molecular formula is C19H12N6O6S2. The van der Waals surface area contributed by atoms with Crippen LogP contribution in [0.4, 0.5) is 16.5 Å². The van der Waals surface area contributed by atoms with Gasteiger partial charge in [0.2, 0.25) is 11.8 Å². The van der Waals surface area contributed by atoms with Crippen LogP contribution in [-0.2, 0) is 4.79 Å². The van der Waals surface area contributed by atoms with Gasteiger partial charge in [0.15, 0.2) is 5.13 Å². The second-order valence-electron chi connectivity index (χ2n) is 6.36. The zero-order chi connectivity index (χ0) is 23.4. The summed E-state index contributed by atoms with van der Waals surface area (Å²) in [7, 11) is 0. The SMILES string of the molecule is O=C(CSc1nnc(-c2ccc([N+](=O)[O-])cc2)o1)Nc1nc(-c2ccc([N+](=O)[O-])cc2)cs1. The number of thioether (sulfide) groups is 1. The summed E-state index contributed by atoms with van der Waals surface area (Å²) >= 11 is 2.26. The summed E-state index contributed by atoms with van der Waals surface area (Å²) < 4.78 is 5.49. The van der Waals surface area contributed by atoms with E-state index in [0.717, 1.165) is 11.8 Å². The Kier molecular flexibility index (Phi) is 6.37. The minimum atomic E-state index is -0.505. The lowest BCUT2D eigenvalue weighted by Gasteiger charge is -1.99. The molecule has 0 saturated carbocycles. The Morgan fingerprint density at radius 3 is 2.18 bits per heavy atom. The molecule has 2 aromatic carbocycles. The van der Waals surface area contributed by atoms with Crippen LogP contribution in [0.5, 0.6) is 0 Å². The van der Waals surface area contributed by atoms with Gasteiger partial charge in [-0.15, -0.1) is 21.5 Å². The fourth-order valence-corrected chi connectivity index (χ4v) is 3.91. The number of hydrogen-bond acceptors (Lipinski definition) is 11. The molecule has 12 nitrogen and oxygen atoms in total. The summed E-state index contributed by atoms with van der Waals surface area (Å²) in [6.07, 6.45) is 0. The van der Waals surface area contributed by atoms with Gasteiger partial charge in [-0.05, 0) is 24.3 Å². The average molecular weight is 484 g/mol. The first-order chi connectivity index (χ1) is 15.9. The van der Waals surface area contributed by atoms with E-state index in [1.54, 1.807) is 17.5 Å². The smallest absolute Gasteiger partial charge is 0.277 e. The summed E-state index contributed by atoms with van der Waals surface area (Å²) in [6, 6.07) is 11.6. The van der Waals surface area contributed by atoms with Gasteiger partial charge in [-0.1, -0.05) is 11.8 Å². The fourth-order valence-electron chi connectivity index (χ4n) is 2.61. The molecule has 0 radical (unpaired) electrons.